The number of amides is 3. The maximum Gasteiger partial charge on any atom is 0.328 e. The second-order valence-electron chi connectivity index (χ2n) is 9.16. The third-order valence-corrected chi connectivity index (χ3v) is 6.69. The molecule has 0 spiro atoms. The summed E-state index contributed by atoms with van der Waals surface area (Å²) in [6.45, 7) is 4.77. The molecule has 12 heteroatoms. The molecule has 1 aliphatic rings. The molecule has 0 aliphatic carbocycles. The second kappa shape index (κ2) is 13.4. The topological polar surface area (TPSA) is 114 Å². The van der Waals surface area contributed by atoms with Crippen LogP contribution in [0.1, 0.15) is 52.0 Å². The number of benzene rings is 1. The van der Waals surface area contributed by atoms with Crippen molar-refractivity contribution < 1.29 is 41.8 Å². The normalized spacial score (nSPS) is 18.6. The summed E-state index contributed by atoms with van der Waals surface area (Å²) in [5, 5.41) is 5.19. The van der Waals surface area contributed by atoms with Crippen molar-refractivity contribution in [1.82, 2.24) is 15.5 Å². The Hall–Kier alpha value is -3.15. The molecule has 1 saturated heterocycles. The molecule has 206 valence electrons. The summed E-state index contributed by atoms with van der Waals surface area (Å²) in [6, 6.07) is -1.58. The number of esters is 1. The highest BCUT2D eigenvalue weighted by molar-refractivity contribution is 5.91. The minimum Gasteiger partial charge on any atom is -0.467 e. The molecule has 0 unspecified atom stereocenters. The van der Waals surface area contributed by atoms with E-state index in [0.717, 1.165) is 6.07 Å². The van der Waals surface area contributed by atoms with E-state index in [1.165, 1.54) is 19.1 Å². The van der Waals surface area contributed by atoms with Gasteiger partial charge in [-0.2, -0.15) is 0 Å². The van der Waals surface area contributed by atoms with Gasteiger partial charge in [0.2, 0.25) is 17.7 Å². The number of nitrogens with zero attached hydrogens (tertiary/aromatic N) is 1. The highest BCUT2D eigenvalue weighted by Crippen LogP contribution is 2.26. The number of carbonyl (C=O) groups is 4. The van der Waals surface area contributed by atoms with Crippen molar-refractivity contribution in [3.63, 3.8) is 0 Å². The van der Waals surface area contributed by atoms with Gasteiger partial charge in [-0.05, 0) is 25.3 Å². The number of halogens is 3. The van der Waals surface area contributed by atoms with Crippen LogP contribution in [0.5, 0.6) is 0 Å². The van der Waals surface area contributed by atoms with Crippen LogP contribution in [0.15, 0.2) is 12.1 Å². The molecule has 1 fully saturated rings. The fourth-order valence-corrected chi connectivity index (χ4v) is 4.15. The Balaban J connectivity index is 2.14. The lowest BCUT2D eigenvalue weighted by Gasteiger charge is -2.29. The Bertz CT molecular complexity index is 1010. The maximum absolute atomic E-state index is 14.2. The zero-order valence-corrected chi connectivity index (χ0v) is 21.6. The van der Waals surface area contributed by atoms with Gasteiger partial charge in [-0.3, -0.25) is 14.4 Å². The summed E-state index contributed by atoms with van der Waals surface area (Å²) in [5.41, 5.74) is -0.345. The maximum atomic E-state index is 14.2. The number of carbonyl (C=O) groups excluding carboxylic acids is 4. The Kier molecular flexibility index (Phi) is 10.9. The Morgan fingerprint density at radius 1 is 1.11 bits per heavy atom. The first kappa shape index (κ1) is 30.1. The lowest BCUT2D eigenvalue weighted by Crippen LogP contribution is -2.57. The van der Waals surface area contributed by atoms with Crippen molar-refractivity contribution in [3.8, 4) is 0 Å². The molecule has 37 heavy (non-hydrogen) atoms. The number of rotatable bonds is 12. The Morgan fingerprint density at radius 3 is 2.38 bits per heavy atom. The molecule has 0 bridgehead atoms. The number of ether oxygens (including phenoxy) is 2. The molecular formula is C25H34F3N3O6. The lowest BCUT2D eigenvalue weighted by atomic mass is 9.98. The van der Waals surface area contributed by atoms with Crippen LogP contribution in [0.2, 0.25) is 0 Å². The van der Waals surface area contributed by atoms with Crippen molar-refractivity contribution in [2.45, 2.75) is 77.2 Å². The van der Waals surface area contributed by atoms with Crippen molar-refractivity contribution in [2.24, 2.45) is 5.92 Å². The molecule has 1 aliphatic heterocycles. The van der Waals surface area contributed by atoms with E-state index in [1.807, 2.05) is 6.92 Å². The van der Waals surface area contributed by atoms with E-state index in [-0.39, 0.29) is 30.7 Å². The summed E-state index contributed by atoms with van der Waals surface area (Å²) in [6.07, 6.45) is -0.0911. The molecular weight excluding hydrogens is 495 g/mol. The first-order valence-electron chi connectivity index (χ1n) is 12.1. The first-order valence-corrected chi connectivity index (χ1v) is 12.1. The number of likely N-dealkylation sites (tertiary alicyclic amines) is 1. The number of nitrogens with one attached hydrogen (secondary N) is 2. The number of hydrogen-bond acceptors (Lipinski definition) is 6. The molecule has 0 aromatic heterocycles. The minimum absolute atomic E-state index is 0.0749. The van der Waals surface area contributed by atoms with Crippen LogP contribution in [0.3, 0.4) is 0 Å². The lowest BCUT2D eigenvalue weighted by molar-refractivity contribution is -0.147. The Morgan fingerprint density at radius 2 is 1.78 bits per heavy atom. The summed E-state index contributed by atoms with van der Waals surface area (Å²) in [7, 11) is 2.56. The zero-order chi connectivity index (χ0) is 27.9. The zero-order valence-electron chi connectivity index (χ0n) is 21.6. The van der Waals surface area contributed by atoms with Gasteiger partial charge >= 0.3 is 5.97 Å². The van der Waals surface area contributed by atoms with Gasteiger partial charge in [0, 0.05) is 44.2 Å². The van der Waals surface area contributed by atoms with Crippen LogP contribution in [0.4, 0.5) is 13.2 Å². The van der Waals surface area contributed by atoms with E-state index in [1.54, 1.807) is 13.8 Å². The Labute approximate surface area is 214 Å². The van der Waals surface area contributed by atoms with E-state index in [0.29, 0.717) is 12.5 Å². The predicted molar refractivity (Wildman–Crippen MR) is 126 cm³/mol. The van der Waals surface area contributed by atoms with Crippen molar-refractivity contribution in [2.75, 3.05) is 14.2 Å². The molecule has 0 radical (unpaired) electrons. The average molecular weight is 530 g/mol. The first-order chi connectivity index (χ1) is 17.4. The molecule has 2 N–H and O–H groups in total. The minimum atomic E-state index is -1.37. The standard InChI is InChI=1S/C25H34F3N3O6/c1-6-13(2)22(25(35)37-5)30-24(34)23(14(3)36-4)29-19(32)11-17-7-8-20(33)31(17)12-15-9-16(26)10-18(27)21(15)28/h9-10,13-14,17,22-23H,6-8,11-12H2,1-5H3,(H,29,32)(H,30,34)/t13-,14+,17-,22-,23-/m0/s1. The summed E-state index contributed by atoms with van der Waals surface area (Å²) in [4.78, 5) is 51.7. The highest BCUT2D eigenvalue weighted by Gasteiger charge is 2.36. The predicted octanol–water partition coefficient (Wildman–Crippen LogP) is 2.21. The third kappa shape index (κ3) is 7.67. The highest BCUT2D eigenvalue weighted by atomic mass is 19.2. The molecule has 9 nitrogen and oxygen atoms in total. The fourth-order valence-electron chi connectivity index (χ4n) is 4.15. The van der Waals surface area contributed by atoms with Crippen LogP contribution in [-0.2, 0) is 35.2 Å². The van der Waals surface area contributed by atoms with E-state index >= 15 is 0 Å². The monoisotopic (exact) mass is 529 g/mol. The van der Waals surface area contributed by atoms with Gasteiger partial charge in [0.25, 0.3) is 0 Å². The smallest absolute Gasteiger partial charge is 0.328 e. The van der Waals surface area contributed by atoms with E-state index < -0.39 is 71.9 Å². The van der Waals surface area contributed by atoms with Crippen molar-refractivity contribution in [1.29, 1.82) is 0 Å². The molecule has 1 aromatic rings. The third-order valence-electron chi connectivity index (χ3n) is 6.69. The van der Waals surface area contributed by atoms with Crippen LogP contribution < -0.4 is 10.6 Å². The van der Waals surface area contributed by atoms with Crippen molar-refractivity contribution in [3.05, 3.63) is 35.1 Å². The molecule has 1 aromatic carbocycles. The SMILES string of the molecule is CC[C@H](C)[C@H](NC(=O)[C@@H](NC(=O)C[C@@H]1CCC(=O)N1Cc1cc(F)cc(F)c1F)[C@@H](C)OC)C(=O)OC. The van der Waals surface area contributed by atoms with Crippen LogP contribution in [0.25, 0.3) is 0 Å². The number of methoxy groups -OCH3 is 2. The summed E-state index contributed by atoms with van der Waals surface area (Å²) >= 11 is 0. The summed E-state index contributed by atoms with van der Waals surface area (Å²) in [5.74, 6) is -6.14. The molecule has 3 amide bonds. The quantitative estimate of drug-likeness (QED) is 0.317. The van der Waals surface area contributed by atoms with Gasteiger partial charge in [-0.25, -0.2) is 18.0 Å². The average Bonchev–Trinajstić information content (AvgIpc) is 3.20. The van der Waals surface area contributed by atoms with Gasteiger partial charge in [-0.15, -0.1) is 0 Å². The molecule has 1 heterocycles. The molecule has 2 rings (SSSR count). The van der Waals surface area contributed by atoms with Crippen LogP contribution >= 0.6 is 0 Å². The van der Waals surface area contributed by atoms with E-state index in [2.05, 4.69) is 10.6 Å². The van der Waals surface area contributed by atoms with Gasteiger partial charge in [0.1, 0.15) is 17.9 Å². The van der Waals surface area contributed by atoms with Gasteiger partial charge < -0.3 is 25.0 Å². The second-order valence-corrected chi connectivity index (χ2v) is 9.16. The van der Waals surface area contributed by atoms with E-state index in [9.17, 15) is 32.3 Å². The molecule has 0 saturated carbocycles. The van der Waals surface area contributed by atoms with Gasteiger partial charge in [-0.1, -0.05) is 20.3 Å². The van der Waals surface area contributed by atoms with Crippen LogP contribution in [0, 0.1) is 23.4 Å². The number of hydrogen-bond donors (Lipinski definition) is 2. The van der Waals surface area contributed by atoms with Gasteiger partial charge in [0.15, 0.2) is 11.6 Å². The van der Waals surface area contributed by atoms with Crippen molar-refractivity contribution >= 4 is 23.7 Å². The summed E-state index contributed by atoms with van der Waals surface area (Å²) < 4.78 is 51.4. The van der Waals surface area contributed by atoms with Gasteiger partial charge in [0.05, 0.1) is 13.2 Å². The van der Waals surface area contributed by atoms with E-state index in [4.69, 9.17) is 9.47 Å². The molecule has 5 atom stereocenters. The largest absolute Gasteiger partial charge is 0.467 e. The fraction of sp³-hybridized carbons (Fsp3) is 0.600. The van der Waals surface area contributed by atoms with Crippen LogP contribution in [-0.4, -0.2) is 67.0 Å².